The van der Waals surface area contributed by atoms with Crippen LogP contribution >= 0.6 is 0 Å². The number of carbonyl (C=O) groups excluding carboxylic acids is 1. The van der Waals surface area contributed by atoms with E-state index in [0.717, 1.165) is 31.2 Å². The van der Waals surface area contributed by atoms with E-state index in [9.17, 15) is 4.79 Å². The average molecular weight is 661 g/mol. The first-order chi connectivity index (χ1) is 22.8. The van der Waals surface area contributed by atoms with Crippen LogP contribution in [0.2, 0.25) is 0 Å². The largest absolute Gasteiger partial charge is 0.463 e. The molecule has 0 heterocycles. The summed E-state index contributed by atoms with van der Waals surface area (Å²) in [5.74, 6) is -0.151. The van der Waals surface area contributed by atoms with E-state index >= 15 is 0 Å². The Balaban J connectivity index is 1.63. The number of rotatable bonds is 37. The minimum atomic E-state index is -0.151. The van der Waals surface area contributed by atoms with Crippen LogP contribution in [0.5, 0.6) is 0 Å². The van der Waals surface area contributed by atoms with Crippen LogP contribution < -0.4 is 0 Å². The van der Waals surface area contributed by atoms with Crippen molar-refractivity contribution in [3.8, 4) is 0 Å². The van der Waals surface area contributed by atoms with Crippen LogP contribution in [-0.4, -0.2) is 138 Å². The third-order valence-corrected chi connectivity index (χ3v) is 6.18. The quantitative estimate of drug-likeness (QED) is 0.0762. The van der Waals surface area contributed by atoms with Gasteiger partial charge in [0.1, 0.15) is 6.61 Å². The lowest BCUT2D eigenvalue weighted by Gasteiger charge is -2.09. The number of hydrogen-bond acceptors (Lipinski definition) is 12. The van der Waals surface area contributed by atoms with Crippen molar-refractivity contribution >= 4 is 5.97 Å². The summed E-state index contributed by atoms with van der Waals surface area (Å²) >= 11 is 0. The maximum atomic E-state index is 11.5. The summed E-state index contributed by atoms with van der Waals surface area (Å²) in [6.45, 7) is 12.6. The molecule has 12 heteroatoms. The Morgan fingerprint density at radius 3 is 1.15 bits per heavy atom. The van der Waals surface area contributed by atoms with E-state index in [1.807, 2.05) is 30.3 Å². The average Bonchev–Trinajstić information content (AvgIpc) is 3.07. The maximum Gasteiger partial charge on any atom is 0.305 e. The van der Waals surface area contributed by atoms with E-state index in [1.54, 1.807) is 0 Å². The first-order valence-corrected chi connectivity index (χ1v) is 16.8. The molecule has 1 aromatic carbocycles. The van der Waals surface area contributed by atoms with Crippen molar-refractivity contribution in [3.63, 3.8) is 0 Å². The Bertz CT molecular complexity index is 740. The molecular weight excluding hydrogens is 600 g/mol. The predicted octanol–water partition coefficient (Wildman–Crippen LogP) is 3.87. The molecule has 0 amide bonds. The third-order valence-electron chi connectivity index (χ3n) is 6.18. The van der Waals surface area contributed by atoms with Gasteiger partial charge in [-0.25, -0.2) is 0 Å². The smallest absolute Gasteiger partial charge is 0.305 e. The highest BCUT2D eigenvalue weighted by molar-refractivity contribution is 5.69. The molecule has 1 aromatic rings. The standard InChI is InChI=1S/C34H60O12/c1-2-3-4-8-11-34(35)46-31-30-44-27-26-42-23-22-40-19-18-38-15-14-36-12-13-37-16-17-39-20-21-41-24-25-43-28-29-45-32-33-9-6-5-7-10-33/h5-7,9-10H,2-4,8,11-32H2,1H3. The Morgan fingerprint density at radius 2 is 0.783 bits per heavy atom. The molecule has 0 radical (unpaired) electrons. The van der Waals surface area contributed by atoms with Crippen molar-refractivity contribution in [2.24, 2.45) is 0 Å². The van der Waals surface area contributed by atoms with Gasteiger partial charge in [0, 0.05) is 6.42 Å². The van der Waals surface area contributed by atoms with Crippen LogP contribution in [-0.2, 0) is 63.5 Å². The maximum absolute atomic E-state index is 11.5. The zero-order chi connectivity index (χ0) is 32.9. The van der Waals surface area contributed by atoms with Crippen LogP contribution in [0.4, 0.5) is 0 Å². The molecule has 0 atom stereocenters. The van der Waals surface area contributed by atoms with Crippen molar-refractivity contribution in [2.45, 2.75) is 45.6 Å². The second-order valence-electron chi connectivity index (χ2n) is 10.1. The highest BCUT2D eigenvalue weighted by Crippen LogP contribution is 2.03. The SMILES string of the molecule is CCCCCCC(=O)OCCOCCOCCOCCOCCOCCOCCOCCOCCOCCOCc1ccccc1. The van der Waals surface area contributed by atoms with Gasteiger partial charge in [0.25, 0.3) is 0 Å². The van der Waals surface area contributed by atoms with Crippen molar-refractivity contribution in [1.29, 1.82) is 0 Å². The summed E-state index contributed by atoms with van der Waals surface area (Å²) < 4.78 is 59.9. The van der Waals surface area contributed by atoms with E-state index in [2.05, 4.69) is 6.92 Å². The Labute approximate surface area is 276 Å². The number of benzene rings is 1. The molecule has 0 bridgehead atoms. The highest BCUT2D eigenvalue weighted by Gasteiger charge is 2.02. The normalized spacial score (nSPS) is 11.3. The molecule has 0 spiro atoms. The van der Waals surface area contributed by atoms with Crippen LogP contribution in [0.25, 0.3) is 0 Å². The monoisotopic (exact) mass is 660 g/mol. The summed E-state index contributed by atoms with van der Waals surface area (Å²) in [6, 6.07) is 10.1. The third kappa shape index (κ3) is 32.2. The lowest BCUT2D eigenvalue weighted by atomic mass is 10.2. The van der Waals surface area contributed by atoms with Gasteiger partial charge in [-0.15, -0.1) is 0 Å². The number of esters is 1. The minimum absolute atomic E-state index is 0.151. The molecule has 0 unspecified atom stereocenters. The molecule has 0 aliphatic carbocycles. The van der Waals surface area contributed by atoms with Crippen molar-refractivity contribution in [1.82, 2.24) is 0 Å². The molecule has 0 aliphatic rings. The predicted molar refractivity (Wildman–Crippen MR) is 173 cm³/mol. The first-order valence-electron chi connectivity index (χ1n) is 16.8. The van der Waals surface area contributed by atoms with Crippen LogP contribution in [0.1, 0.15) is 44.6 Å². The fourth-order valence-electron chi connectivity index (χ4n) is 3.73. The zero-order valence-electron chi connectivity index (χ0n) is 28.2. The van der Waals surface area contributed by atoms with E-state index in [1.165, 1.54) is 0 Å². The highest BCUT2D eigenvalue weighted by atomic mass is 16.6. The zero-order valence-corrected chi connectivity index (χ0v) is 28.2. The van der Waals surface area contributed by atoms with Gasteiger partial charge in [-0.3, -0.25) is 4.79 Å². The van der Waals surface area contributed by atoms with Gasteiger partial charge in [-0.2, -0.15) is 0 Å². The van der Waals surface area contributed by atoms with Gasteiger partial charge in [-0.05, 0) is 12.0 Å². The van der Waals surface area contributed by atoms with Gasteiger partial charge in [-0.1, -0.05) is 56.5 Å². The summed E-state index contributed by atoms with van der Waals surface area (Å²) in [4.78, 5) is 11.5. The summed E-state index contributed by atoms with van der Waals surface area (Å²) in [7, 11) is 0. The fraction of sp³-hybridized carbons (Fsp3) is 0.794. The van der Waals surface area contributed by atoms with Gasteiger partial charge in [0.05, 0.1) is 132 Å². The van der Waals surface area contributed by atoms with Crippen molar-refractivity contribution < 1.29 is 56.9 Å². The number of hydrogen-bond donors (Lipinski definition) is 0. The molecule has 0 saturated heterocycles. The van der Waals surface area contributed by atoms with Gasteiger partial charge in [0.2, 0.25) is 0 Å². The summed E-state index contributed by atoms with van der Waals surface area (Å²) in [5.41, 5.74) is 1.16. The molecular formula is C34H60O12. The van der Waals surface area contributed by atoms with E-state index < -0.39 is 0 Å². The molecule has 0 N–H and O–H groups in total. The van der Waals surface area contributed by atoms with E-state index in [-0.39, 0.29) is 12.6 Å². The fourth-order valence-corrected chi connectivity index (χ4v) is 3.73. The van der Waals surface area contributed by atoms with Crippen LogP contribution in [0.3, 0.4) is 0 Å². The van der Waals surface area contributed by atoms with E-state index in [4.69, 9.17) is 52.1 Å². The number of unbranched alkanes of at least 4 members (excludes halogenated alkanes) is 3. The van der Waals surface area contributed by atoms with Crippen molar-refractivity contribution in [3.05, 3.63) is 35.9 Å². The van der Waals surface area contributed by atoms with E-state index in [0.29, 0.717) is 139 Å². The molecule has 0 fully saturated rings. The van der Waals surface area contributed by atoms with Crippen LogP contribution in [0.15, 0.2) is 30.3 Å². The molecule has 0 aromatic heterocycles. The van der Waals surface area contributed by atoms with Gasteiger partial charge >= 0.3 is 5.97 Å². The number of carbonyl (C=O) groups is 1. The molecule has 268 valence electrons. The molecule has 46 heavy (non-hydrogen) atoms. The Hall–Kier alpha value is -1.71. The Kier molecular flexibility index (Phi) is 33.2. The second kappa shape index (κ2) is 36.1. The first kappa shape index (κ1) is 42.3. The number of ether oxygens (including phenoxy) is 11. The molecule has 12 nitrogen and oxygen atoms in total. The molecule has 0 aliphatic heterocycles. The topological polar surface area (TPSA) is 119 Å². The minimum Gasteiger partial charge on any atom is -0.463 e. The second-order valence-corrected chi connectivity index (χ2v) is 10.1. The molecule has 1 rings (SSSR count). The lowest BCUT2D eigenvalue weighted by Crippen LogP contribution is -2.15. The molecule has 0 saturated carbocycles. The summed E-state index contributed by atoms with van der Waals surface area (Å²) in [5, 5.41) is 0. The van der Waals surface area contributed by atoms with Gasteiger partial charge < -0.3 is 52.1 Å². The van der Waals surface area contributed by atoms with Gasteiger partial charge in [0.15, 0.2) is 0 Å². The van der Waals surface area contributed by atoms with Crippen LogP contribution in [0, 0.1) is 0 Å². The summed E-state index contributed by atoms with van der Waals surface area (Å²) in [6.07, 6.45) is 4.76. The lowest BCUT2D eigenvalue weighted by molar-refractivity contribution is -0.145. The van der Waals surface area contributed by atoms with Crippen molar-refractivity contribution in [2.75, 3.05) is 132 Å². The Morgan fingerprint density at radius 1 is 0.435 bits per heavy atom.